The standard InChI is InChI=1S/C17H23F2N3O2/c1-10-5-6-11(7-12(10)22-15(24)16(2,3)4)21-14(23)13-8-17(18,19)9-20-13/h5-7,13,20H,8-9H2,1-4H3,(H,21,23)(H,22,24). The van der Waals surface area contributed by atoms with Gasteiger partial charge in [0.25, 0.3) is 5.92 Å². The van der Waals surface area contributed by atoms with Crippen molar-refractivity contribution in [3.8, 4) is 0 Å². The summed E-state index contributed by atoms with van der Waals surface area (Å²) in [7, 11) is 0. The minimum absolute atomic E-state index is 0.147. The van der Waals surface area contributed by atoms with Crippen LogP contribution in [0.5, 0.6) is 0 Å². The van der Waals surface area contributed by atoms with Gasteiger partial charge in [-0.3, -0.25) is 14.9 Å². The van der Waals surface area contributed by atoms with Gasteiger partial charge in [-0.2, -0.15) is 0 Å². The van der Waals surface area contributed by atoms with Crippen LogP contribution in [0.2, 0.25) is 0 Å². The third-order valence-electron chi connectivity index (χ3n) is 3.86. The lowest BCUT2D eigenvalue weighted by atomic mass is 9.95. The molecule has 2 rings (SSSR count). The van der Waals surface area contributed by atoms with E-state index in [0.29, 0.717) is 11.4 Å². The minimum Gasteiger partial charge on any atom is -0.325 e. The highest BCUT2D eigenvalue weighted by molar-refractivity contribution is 5.98. The van der Waals surface area contributed by atoms with Gasteiger partial charge in [-0.15, -0.1) is 0 Å². The fourth-order valence-corrected chi connectivity index (χ4v) is 2.27. The minimum atomic E-state index is -2.86. The summed E-state index contributed by atoms with van der Waals surface area (Å²) in [5.74, 6) is -3.52. The van der Waals surface area contributed by atoms with Crippen LogP contribution in [0, 0.1) is 12.3 Å². The van der Waals surface area contributed by atoms with E-state index < -0.39 is 36.3 Å². The molecule has 0 radical (unpaired) electrons. The van der Waals surface area contributed by atoms with Crippen molar-refractivity contribution in [3.63, 3.8) is 0 Å². The van der Waals surface area contributed by atoms with Crippen molar-refractivity contribution >= 4 is 23.2 Å². The number of carbonyl (C=O) groups excluding carboxylic acids is 2. The van der Waals surface area contributed by atoms with E-state index >= 15 is 0 Å². The Kier molecular flexibility index (Phi) is 4.94. The van der Waals surface area contributed by atoms with Gasteiger partial charge in [0, 0.05) is 23.2 Å². The van der Waals surface area contributed by atoms with Gasteiger partial charge in [0.1, 0.15) is 0 Å². The van der Waals surface area contributed by atoms with E-state index in [9.17, 15) is 18.4 Å². The molecule has 1 aliphatic rings. The van der Waals surface area contributed by atoms with Crippen molar-refractivity contribution in [1.29, 1.82) is 0 Å². The van der Waals surface area contributed by atoms with Gasteiger partial charge in [0.05, 0.1) is 12.6 Å². The van der Waals surface area contributed by atoms with Gasteiger partial charge in [0.15, 0.2) is 0 Å². The quantitative estimate of drug-likeness (QED) is 0.793. The van der Waals surface area contributed by atoms with E-state index in [1.807, 2.05) is 6.92 Å². The molecule has 1 fully saturated rings. The molecule has 7 heteroatoms. The van der Waals surface area contributed by atoms with Crippen LogP contribution in [0.15, 0.2) is 18.2 Å². The molecule has 0 bridgehead atoms. The predicted molar refractivity (Wildman–Crippen MR) is 89.2 cm³/mol. The van der Waals surface area contributed by atoms with Gasteiger partial charge >= 0.3 is 0 Å². The van der Waals surface area contributed by atoms with Crippen LogP contribution >= 0.6 is 0 Å². The van der Waals surface area contributed by atoms with Crippen LogP contribution in [0.1, 0.15) is 32.8 Å². The van der Waals surface area contributed by atoms with Crippen molar-refractivity contribution < 1.29 is 18.4 Å². The fraction of sp³-hybridized carbons (Fsp3) is 0.529. The number of rotatable bonds is 3. The number of aryl methyl sites for hydroxylation is 1. The first-order chi connectivity index (χ1) is 11.0. The molecule has 2 amide bonds. The maximum Gasteiger partial charge on any atom is 0.262 e. The molecule has 24 heavy (non-hydrogen) atoms. The first-order valence-electron chi connectivity index (χ1n) is 7.82. The first kappa shape index (κ1) is 18.3. The van der Waals surface area contributed by atoms with E-state index in [1.165, 1.54) is 0 Å². The Morgan fingerprint density at radius 2 is 1.92 bits per heavy atom. The summed E-state index contributed by atoms with van der Waals surface area (Å²) in [6.07, 6.45) is -0.516. The van der Waals surface area contributed by atoms with Crippen LogP contribution in [-0.2, 0) is 9.59 Å². The lowest BCUT2D eigenvalue weighted by Crippen LogP contribution is -2.35. The highest BCUT2D eigenvalue weighted by atomic mass is 19.3. The summed E-state index contributed by atoms with van der Waals surface area (Å²) in [5.41, 5.74) is 1.32. The maximum atomic E-state index is 13.2. The number of benzene rings is 1. The summed E-state index contributed by atoms with van der Waals surface area (Å²) in [5, 5.41) is 7.95. The number of hydrogen-bond donors (Lipinski definition) is 3. The molecule has 132 valence electrons. The summed E-state index contributed by atoms with van der Waals surface area (Å²) in [6.45, 7) is 6.74. The Balaban J connectivity index is 2.08. The summed E-state index contributed by atoms with van der Waals surface area (Å²) in [4.78, 5) is 24.2. The molecule has 0 spiro atoms. The summed E-state index contributed by atoms with van der Waals surface area (Å²) in [6, 6.07) is 4.13. The first-order valence-corrected chi connectivity index (χ1v) is 7.82. The smallest absolute Gasteiger partial charge is 0.262 e. The fourth-order valence-electron chi connectivity index (χ4n) is 2.27. The molecule has 0 saturated carbocycles. The second-order valence-electron chi connectivity index (χ2n) is 7.22. The molecule has 5 nitrogen and oxygen atoms in total. The van der Waals surface area contributed by atoms with Crippen molar-refractivity contribution in [2.24, 2.45) is 5.41 Å². The topological polar surface area (TPSA) is 70.2 Å². The molecule has 1 unspecified atom stereocenters. The molecule has 0 aromatic heterocycles. The normalized spacial score (nSPS) is 19.8. The van der Waals surface area contributed by atoms with Crippen LogP contribution in [0.25, 0.3) is 0 Å². The zero-order chi connectivity index (χ0) is 18.1. The number of hydrogen-bond acceptors (Lipinski definition) is 3. The van der Waals surface area contributed by atoms with E-state index in [2.05, 4.69) is 16.0 Å². The maximum absolute atomic E-state index is 13.2. The third-order valence-corrected chi connectivity index (χ3v) is 3.86. The summed E-state index contributed by atoms with van der Waals surface area (Å²) >= 11 is 0. The zero-order valence-electron chi connectivity index (χ0n) is 14.3. The number of nitrogens with one attached hydrogen (secondary N) is 3. The van der Waals surface area contributed by atoms with Gasteiger partial charge in [0.2, 0.25) is 11.8 Å². The Bertz CT molecular complexity index is 654. The number of anilines is 2. The third kappa shape index (κ3) is 4.50. The van der Waals surface area contributed by atoms with Crippen LogP contribution in [-0.4, -0.2) is 30.3 Å². The van der Waals surface area contributed by atoms with Gasteiger partial charge in [-0.25, -0.2) is 8.78 Å². The average Bonchev–Trinajstić information content (AvgIpc) is 2.82. The molecule has 3 N–H and O–H groups in total. The molecule has 1 aromatic rings. The second-order valence-corrected chi connectivity index (χ2v) is 7.22. The molecule has 1 aliphatic heterocycles. The highest BCUT2D eigenvalue weighted by Gasteiger charge is 2.42. The number of alkyl halides is 2. The summed E-state index contributed by atoms with van der Waals surface area (Å²) < 4.78 is 26.4. The van der Waals surface area contributed by atoms with Crippen LogP contribution in [0.4, 0.5) is 20.2 Å². The van der Waals surface area contributed by atoms with Crippen LogP contribution < -0.4 is 16.0 Å². The Labute approximate surface area is 140 Å². The molecule has 0 aliphatic carbocycles. The van der Waals surface area contributed by atoms with E-state index in [-0.39, 0.29) is 5.91 Å². The molecule has 1 heterocycles. The Morgan fingerprint density at radius 3 is 2.46 bits per heavy atom. The zero-order valence-corrected chi connectivity index (χ0v) is 14.3. The predicted octanol–water partition coefficient (Wildman–Crippen LogP) is 2.92. The van der Waals surface area contributed by atoms with E-state index in [1.54, 1.807) is 39.0 Å². The molecular weight excluding hydrogens is 316 g/mol. The van der Waals surface area contributed by atoms with E-state index in [0.717, 1.165) is 5.56 Å². The van der Waals surface area contributed by atoms with Crippen molar-refractivity contribution in [2.75, 3.05) is 17.2 Å². The molecular formula is C17H23F2N3O2. The van der Waals surface area contributed by atoms with Crippen molar-refractivity contribution in [3.05, 3.63) is 23.8 Å². The monoisotopic (exact) mass is 339 g/mol. The van der Waals surface area contributed by atoms with Gasteiger partial charge in [-0.1, -0.05) is 26.8 Å². The largest absolute Gasteiger partial charge is 0.325 e. The molecule has 1 saturated heterocycles. The van der Waals surface area contributed by atoms with Crippen molar-refractivity contribution in [2.45, 2.75) is 46.1 Å². The van der Waals surface area contributed by atoms with Gasteiger partial charge in [-0.05, 0) is 24.6 Å². The molecule has 1 aromatic carbocycles. The molecule has 1 atom stereocenters. The second kappa shape index (κ2) is 6.47. The van der Waals surface area contributed by atoms with Crippen LogP contribution in [0.3, 0.4) is 0 Å². The SMILES string of the molecule is Cc1ccc(NC(=O)C2CC(F)(F)CN2)cc1NC(=O)C(C)(C)C. The average molecular weight is 339 g/mol. The van der Waals surface area contributed by atoms with E-state index in [4.69, 9.17) is 0 Å². The number of amides is 2. The Morgan fingerprint density at radius 1 is 1.25 bits per heavy atom. The van der Waals surface area contributed by atoms with Gasteiger partial charge < -0.3 is 10.6 Å². The highest BCUT2D eigenvalue weighted by Crippen LogP contribution is 2.27. The lowest BCUT2D eigenvalue weighted by Gasteiger charge is -2.19. The van der Waals surface area contributed by atoms with Crippen molar-refractivity contribution in [1.82, 2.24) is 5.32 Å². The number of halogens is 2. The lowest BCUT2D eigenvalue weighted by molar-refractivity contribution is -0.123. The Hall–Kier alpha value is -2.02. The number of carbonyl (C=O) groups is 2.